The first kappa shape index (κ1) is 47.3. The number of rotatable bonds is 36. The number of unbranched alkanes of at least 4 members (excludes halogenated alkanes) is 19. The molecule has 8 nitrogen and oxygen atoms in total. The number of phosphoric ester groups is 1. The lowest BCUT2D eigenvalue weighted by Gasteiger charge is -2.19. The zero-order chi connectivity index (χ0) is 36.1. The Morgan fingerprint density at radius 1 is 0.571 bits per heavy atom. The molecule has 0 spiro atoms. The number of esters is 2. The largest absolute Gasteiger partial charge is 0.472 e. The molecule has 0 bridgehead atoms. The fourth-order valence-electron chi connectivity index (χ4n) is 5.26. The van der Waals surface area contributed by atoms with E-state index in [4.69, 9.17) is 14.0 Å². The molecule has 49 heavy (non-hydrogen) atoms. The molecular formula is C40H73O8P. The summed E-state index contributed by atoms with van der Waals surface area (Å²) in [5, 5.41) is 0. The van der Waals surface area contributed by atoms with Crippen LogP contribution >= 0.6 is 7.82 Å². The Bertz CT molecular complexity index is 901. The van der Waals surface area contributed by atoms with E-state index in [2.05, 4.69) is 54.8 Å². The number of allylic oxidation sites excluding steroid dienone is 6. The molecule has 0 amide bonds. The van der Waals surface area contributed by atoms with Crippen molar-refractivity contribution >= 4 is 19.8 Å². The SMILES string of the molecule is CCCC/C=C\C/C=C\CCCCCCCC(=O)OC(COC(=O)CCCCCCC/C=C\CCCCCCCCC)COP(=O)(O)OC. The van der Waals surface area contributed by atoms with Crippen molar-refractivity contribution in [3.63, 3.8) is 0 Å². The van der Waals surface area contributed by atoms with Crippen molar-refractivity contribution in [3.8, 4) is 0 Å². The minimum atomic E-state index is -4.26. The number of hydrogen-bond donors (Lipinski definition) is 1. The maximum absolute atomic E-state index is 12.4. The quantitative estimate of drug-likeness (QED) is 0.0296. The van der Waals surface area contributed by atoms with Crippen LogP contribution in [0.3, 0.4) is 0 Å². The van der Waals surface area contributed by atoms with Gasteiger partial charge in [-0.15, -0.1) is 0 Å². The van der Waals surface area contributed by atoms with Gasteiger partial charge in [-0.3, -0.25) is 18.6 Å². The minimum absolute atomic E-state index is 0.227. The maximum Gasteiger partial charge on any atom is 0.472 e. The van der Waals surface area contributed by atoms with Crippen LogP contribution in [0.5, 0.6) is 0 Å². The second-order valence-corrected chi connectivity index (χ2v) is 14.6. The van der Waals surface area contributed by atoms with E-state index in [9.17, 15) is 19.0 Å². The highest BCUT2D eigenvalue weighted by Crippen LogP contribution is 2.42. The number of carbonyl (C=O) groups is 2. The molecule has 0 saturated carbocycles. The van der Waals surface area contributed by atoms with Crippen molar-refractivity contribution in [2.45, 2.75) is 187 Å². The Kier molecular flexibility index (Phi) is 34.8. The first-order valence-electron chi connectivity index (χ1n) is 19.7. The van der Waals surface area contributed by atoms with Crippen LogP contribution in [0.2, 0.25) is 0 Å². The molecule has 0 aromatic rings. The van der Waals surface area contributed by atoms with E-state index < -0.39 is 26.5 Å². The Labute approximate surface area is 300 Å². The van der Waals surface area contributed by atoms with E-state index in [-0.39, 0.29) is 25.4 Å². The van der Waals surface area contributed by atoms with Gasteiger partial charge in [0.2, 0.25) is 0 Å². The Hall–Kier alpha value is -1.73. The highest BCUT2D eigenvalue weighted by Gasteiger charge is 2.24. The zero-order valence-electron chi connectivity index (χ0n) is 31.6. The third-order valence-corrected chi connectivity index (χ3v) is 9.29. The normalized spacial score (nSPS) is 13.8. The molecule has 0 aromatic carbocycles. The smallest absolute Gasteiger partial charge is 0.462 e. The lowest BCUT2D eigenvalue weighted by molar-refractivity contribution is -0.161. The maximum atomic E-state index is 12.4. The van der Waals surface area contributed by atoms with E-state index in [0.29, 0.717) is 6.42 Å². The molecule has 0 aliphatic carbocycles. The molecule has 2 unspecified atom stereocenters. The summed E-state index contributed by atoms with van der Waals surface area (Å²) in [6.45, 7) is 3.82. The van der Waals surface area contributed by atoms with Crippen molar-refractivity contribution in [1.82, 2.24) is 0 Å². The second kappa shape index (κ2) is 36.1. The van der Waals surface area contributed by atoms with E-state index in [1.54, 1.807) is 0 Å². The Morgan fingerprint density at radius 2 is 1.00 bits per heavy atom. The van der Waals surface area contributed by atoms with E-state index in [1.807, 2.05) is 0 Å². The van der Waals surface area contributed by atoms with Gasteiger partial charge in [-0.2, -0.15) is 0 Å². The number of hydrogen-bond acceptors (Lipinski definition) is 7. The summed E-state index contributed by atoms with van der Waals surface area (Å²) >= 11 is 0. The van der Waals surface area contributed by atoms with Crippen molar-refractivity contribution < 1.29 is 37.6 Å². The predicted octanol–water partition coefficient (Wildman–Crippen LogP) is 12.1. The Balaban J connectivity index is 4.07. The van der Waals surface area contributed by atoms with Gasteiger partial charge in [0.25, 0.3) is 0 Å². The summed E-state index contributed by atoms with van der Waals surface area (Å²) in [6, 6.07) is 0. The van der Waals surface area contributed by atoms with E-state index >= 15 is 0 Å². The van der Waals surface area contributed by atoms with E-state index in [1.165, 1.54) is 64.2 Å². The molecule has 0 aliphatic heterocycles. The van der Waals surface area contributed by atoms with Gasteiger partial charge in [0.1, 0.15) is 6.61 Å². The standard InChI is InChI=1S/C40H73O8P/c1-4-6-8-10-12-14-16-18-20-21-23-24-26-28-30-32-34-39(41)46-36-38(37-47-49(43,44)45-3)48-40(42)35-33-31-29-27-25-22-19-17-15-13-11-9-7-5-2/h11,13,17,19-21,38H,4-10,12,14-16,18,22-37H2,1-3H3,(H,43,44)/b13-11-,19-17-,21-20-. The van der Waals surface area contributed by atoms with Crippen LogP contribution in [0.4, 0.5) is 0 Å². The third kappa shape index (κ3) is 35.9. The van der Waals surface area contributed by atoms with Gasteiger partial charge in [0, 0.05) is 20.0 Å². The summed E-state index contributed by atoms with van der Waals surface area (Å²) < 4.78 is 31.9. The molecule has 2 atom stereocenters. The summed E-state index contributed by atoms with van der Waals surface area (Å²) in [6.07, 6.45) is 40.5. The van der Waals surface area contributed by atoms with Crippen LogP contribution in [-0.2, 0) is 32.7 Å². The molecule has 0 rings (SSSR count). The molecule has 1 N–H and O–H groups in total. The molecule has 0 saturated heterocycles. The first-order chi connectivity index (χ1) is 23.8. The van der Waals surface area contributed by atoms with Crippen molar-refractivity contribution in [3.05, 3.63) is 36.5 Å². The van der Waals surface area contributed by atoms with Crippen LogP contribution in [-0.4, -0.2) is 43.3 Å². The molecular weight excluding hydrogens is 639 g/mol. The van der Waals surface area contributed by atoms with Crippen LogP contribution in [0.15, 0.2) is 36.5 Å². The number of phosphoric acid groups is 1. The van der Waals surface area contributed by atoms with Crippen molar-refractivity contribution in [2.24, 2.45) is 0 Å². The summed E-state index contributed by atoms with van der Waals surface area (Å²) in [7, 11) is -3.21. The number of ether oxygens (including phenoxy) is 2. The molecule has 9 heteroatoms. The lowest BCUT2D eigenvalue weighted by Crippen LogP contribution is -2.29. The number of carbonyl (C=O) groups excluding carboxylic acids is 2. The van der Waals surface area contributed by atoms with Gasteiger partial charge < -0.3 is 14.4 Å². The van der Waals surface area contributed by atoms with Gasteiger partial charge in [0.15, 0.2) is 6.10 Å². The molecule has 0 aromatic heterocycles. The van der Waals surface area contributed by atoms with Crippen molar-refractivity contribution in [2.75, 3.05) is 20.3 Å². The second-order valence-electron chi connectivity index (χ2n) is 13.1. The molecule has 0 aliphatic rings. The topological polar surface area (TPSA) is 108 Å². The highest BCUT2D eigenvalue weighted by molar-refractivity contribution is 7.47. The summed E-state index contributed by atoms with van der Waals surface area (Å²) in [4.78, 5) is 34.3. The van der Waals surface area contributed by atoms with Gasteiger partial charge in [-0.1, -0.05) is 140 Å². The van der Waals surface area contributed by atoms with Crippen LogP contribution in [0, 0.1) is 0 Å². The molecule has 0 heterocycles. The van der Waals surface area contributed by atoms with E-state index in [0.717, 1.165) is 90.6 Å². The van der Waals surface area contributed by atoms with Crippen LogP contribution in [0.25, 0.3) is 0 Å². The monoisotopic (exact) mass is 713 g/mol. The lowest BCUT2D eigenvalue weighted by atomic mass is 10.1. The fourth-order valence-corrected chi connectivity index (χ4v) is 5.72. The molecule has 0 fully saturated rings. The zero-order valence-corrected chi connectivity index (χ0v) is 32.5. The average Bonchev–Trinajstić information content (AvgIpc) is 3.09. The Morgan fingerprint density at radius 3 is 1.51 bits per heavy atom. The molecule has 286 valence electrons. The van der Waals surface area contributed by atoms with Gasteiger partial charge in [0.05, 0.1) is 6.61 Å². The van der Waals surface area contributed by atoms with Crippen molar-refractivity contribution in [1.29, 1.82) is 0 Å². The van der Waals surface area contributed by atoms with Crippen LogP contribution in [0.1, 0.15) is 181 Å². The van der Waals surface area contributed by atoms with Gasteiger partial charge in [-0.05, 0) is 64.2 Å². The first-order valence-corrected chi connectivity index (χ1v) is 21.2. The predicted molar refractivity (Wildman–Crippen MR) is 202 cm³/mol. The van der Waals surface area contributed by atoms with Crippen LogP contribution < -0.4 is 0 Å². The molecule has 0 radical (unpaired) electrons. The highest BCUT2D eigenvalue weighted by atomic mass is 31.2. The third-order valence-electron chi connectivity index (χ3n) is 8.36. The fraction of sp³-hybridized carbons (Fsp3) is 0.800. The minimum Gasteiger partial charge on any atom is -0.462 e. The summed E-state index contributed by atoms with van der Waals surface area (Å²) in [5.74, 6) is -0.830. The van der Waals surface area contributed by atoms with Gasteiger partial charge in [-0.25, -0.2) is 4.57 Å². The average molecular weight is 713 g/mol. The summed E-state index contributed by atoms with van der Waals surface area (Å²) in [5.41, 5.74) is 0. The van der Waals surface area contributed by atoms with Gasteiger partial charge >= 0.3 is 19.8 Å².